The van der Waals surface area contributed by atoms with E-state index in [0.717, 1.165) is 0 Å². The quantitative estimate of drug-likeness (QED) is 0.583. The molecule has 0 aromatic heterocycles. The standard InChI is InChI=1S/C13H16N2O5/c1-9(7-13(17)18)6-12(16)14-8-10-4-2-3-5-11(10)15(19)20/h2-5,9H,6-8H2,1H3,(H,14,16)(H,17,18). The van der Waals surface area contributed by atoms with Crippen molar-refractivity contribution in [3.05, 3.63) is 39.9 Å². The Morgan fingerprint density at radius 3 is 2.60 bits per heavy atom. The van der Waals surface area contributed by atoms with Gasteiger partial charge < -0.3 is 10.4 Å². The Morgan fingerprint density at radius 2 is 2.00 bits per heavy atom. The first-order valence-corrected chi connectivity index (χ1v) is 6.11. The second-order valence-corrected chi connectivity index (χ2v) is 4.57. The van der Waals surface area contributed by atoms with E-state index >= 15 is 0 Å². The Balaban J connectivity index is 2.53. The number of nitrogens with zero attached hydrogens (tertiary/aromatic N) is 1. The molecule has 1 aromatic carbocycles. The highest BCUT2D eigenvalue weighted by Gasteiger charge is 2.15. The van der Waals surface area contributed by atoms with Crippen molar-refractivity contribution in [2.24, 2.45) is 5.92 Å². The summed E-state index contributed by atoms with van der Waals surface area (Å²) < 4.78 is 0. The van der Waals surface area contributed by atoms with Gasteiger partial charge in [0, 0.05) is 31.0 Å². The summed E-state index contributed by atoms with van der Waals surface area (Å²) in [5, 5.41) is 22.0. The van der Waals surface area contributed by atoms with E-state index < -0.39 is 10.9 Å². The minimum absolute atomic E-state index is 0.0496. The summed E-state index contributed by atoms with van der Waals surface area (Å²) in [6.45, 7) is 1.72. The van der Waals surface area contributed by atoms with Gasteiger partial charge in [0.05, 0.1) is 4.92 Å². The smallest absolute Gasteiger partial charge is 0.303 e. The van der Waals surface area contributed by atoms with Crippen LogP contribution >= 0.6 is 0 Å². The Labute approximate surface area is 115 Å². The Bertz CT molecular complexity index is 515. The normalized spacial score (nSPS) is 11.7. The van der Waals surface area contributed by atoms with E-state index in [4.69, 9.17) is 5.11 Å². The van der Waals surface area contributed by atoms with Crippen molar-refractivity contribution in [3.63, 3.8) is 0 Å². The summed E-state index contributed by atoms with van der Waals surface area (Å²) >= 11 is 0. The van der Waals surface area contributed by atoms with Crippen molar-refractivity contribution in [1.82, 2.24) is 5.32 Å². The van der Waals surface area contributed by atoms with Crippen LogP contribution in [0.25, 0.3) is 0 Å². The second kappa shape index (κ2) is 7.22. The number of carbonyl (C=O) groups excluding carboxylic acids is 1. The number of carboxylic acids is 1. The molecule has 1 aromatic rings. The predicted molar refractivity (Wildman–Crippen MR) is 71.0 cm³/mol. The highest BCUT2D eigenvalue weighted by molar-refractivity contribution is 5.77. The minimum Gasteiger partial charge on any atom is -0.481 e. The Kier molecular flexibility index (Phi) is 5.64. The fraction of sp³-hybridized carbons (Fsp3) is 0.385. The number of para-hydroxylation sites is 1. The van der Waals surface area contributed by atoms with Gasteiger partial charge in [-0.2, -0.15) is 0 Å². The number of hydrogen-bond donors (Lipinski definition) is 2. The molecular weight excluding hydrogens is 264 g/mol. The van der Waals surface area contributed by atoms with Gasteiger partial charge >= 0.3 is 5.97 Å². The van der Waals surface area contributed by atoms with E-state index in [9.17, 15) is 19.7 Å². The maximum absolute atomic E-state index is 11.6. The summed E-state index contributed by atoms with van der Waals surface area (Å²) in [6.07, 6.45) is -0.00810. The number of nitrogens with one attached hydrogen (secondary N) is 1. The van der Waals surface area contributed by atoms with Crippen molar-refractivity contribution < 1.29 is 19.6 Å². The van der Waals surface area contributed by atoms with E-state index in [2.05, 4.69) is 5.32 Å². The van der Waals surface area contributed by atoms with Gasteiger partial charge in [-0.05, 0) is 5.92 Å². The molecule has 7 nitrogen and oxygen atoms in total. The van der Waals surface area contributed by atoms with Gasteiger partial charge in [0.2, 0.25) is 5.91 Å². The van der Waals surface area contributed by atoms with Crippen molar-refractivity contribution in [2.45, 2.75) is 26.3 Å². The number of hydrogen-bond acceptors (Lipinski definition) is 4. The summed E-state index contributed by atoms with van der Waals surface area (Å²) in [6, 6.07) is 6.15. The molecule has 1 atom stereocenters. The maximum Gasteiger partial charge on any atom is 0.303 e. The topological polar surface area (TPSA) is 110 Å². The minimum atomic E-state index is -0.955. The van der Waals surface area contributed by atoms with Crippen LogP contribution in [0.3, 0.4) is 0 Å². The molecule has 0 heterocycles. The van der Waals surface area contributed by atoms with E-state index in [1.807, 2.05) is 0 Å². The molecule has 20 heavy (non-hydrogen) atoms. The van der Waals surface area contributed by atoms with Gasteiger partial charge in [-0.3, -0.25) is 19.7 Å². The molecule has 0 aliphatic carbocycles. The van der Waals surface area contributed by atoms with E-state index in [-0.39, 0.29) is 36.9 Å². The van der Waals surface area contributed by atoms with Crippen LogP contribution < -0.4 is 5.32 Å². The van der Waals surface area contributed by atoms with E-state index in [1.165, 1.54) is 6.07 Å². The van der Waals surface area contributed by atoms with E-state index in [0.29, 0.717) is 5.56 Å². The van der Waals surface area contributed by atoms with Gasteiger partial charge in [-0.25, -0.2) is 0 Å². The summed E-state index contributed by atoms with van der Waals surface area (Å²) in [5.74, 6) is -1.56. The predicted octanol–water partition coefficient (Wildman–Crippen LogP) is 1.71. The molecule has 0 bridgehead atoms. The van der Waals surface area contributed by atoms with Crippen LogP contribution in [0.4, 0.5) is 5.69 Å². The van der Waals surface area contributed by atoms with Gasteiger partial charge in [0.1, 0.15) is 0 Å². The molecule has 2 N–H and O–H groups in total. The lowest BCUT2D eigenvalue weighted by Crippen LogP contribution is -2.25. The lowest BCUT2D eigenvalue weighted by Gasteiger charge is -2.09. The average molecular weight is 280 g/mol. The third kappa shape index (κ3) is 5.05. The molecule has 1 unspecified atom stereocenters. The average Bonchev–Trinajstić information content (AvgIpc) is 2.35. The summed E-state index contributed by atoms with van der Waals surface area (Å²) in [4.78, 5) is 32.4. The number of nitro benzene ring substituents is 1. The number of carbonyl (C=O) groups is 2. The molecule has 0 spiro atoms. The van der Waals surface area contributed by atoms with Gasteiger partial charge in [-0.1, -0.05) is 25.1 Å². The van der Waals surface area contributed by atoms with Crippen molar-refractivity contribution in [2.75, 3.05) is 0 Å². The molecule has 7 heteroatoms. The third-order valence-electron chi connectivity index (χ3n) is 2.72. The molecule has 0 radical (unpaired) electrons. The SMILES string of the molecule is CC(CC(=O)O)CC(=O)NCc1ccccc1[N+](=O)[O-]. The lowest BCUT2D eigenvalue weighted by molar-refractivity contribution is -0.385. The summed E-state index contributed by atoms with van der Waals surface area (Å²) in [5.41, 5.74) is 0.364. The van der Waals surface area contributed by atoms with Gasteiger partial charge in [0.25, 0.3) is 5.69 Å². The highest BCUT2D eigenvalue weighted by Crippen LogP contribution is 2.17. The first-order valence-electron chi connectivity index (χ1n) is 6.11. The van der Waals surface area contributed by atoms with Crippen molar-refractivity contribution in [1.29, 1.82) is 0 Å². The number of carboxylic acid groups (broad SMARTS) is 1. The van der Waals surface area contributed by atoms with Crippen LogP contribution in [0, 0.1) is 16.0 Å². The van der Waals surface area contributed by atoms with Crippen LogP contribution in [-0.4, -0.2) is 21.9 Å². The zero-order valence-corrected chi connectivity index (χ0v) is 11.0. The number of aliphatic carboxylic acids is 1. The third-order valence-corrected chi connectivity index (χ3v) is 2.72. The first-order chi connectivity index (χ1) is 9.40. The number of benzene rings is 1. The molecule has 0 saturated carbocycles. The zero-order chi connectivity index (χ0) is 15.1. The first kappa shape index (κ1) is 15.6. The number of rotatable bonds is 7. The highest BCUT2D eigenvalue weighted by atomic mass is 16.6. The monoisotopic (exact) mass is 280 g/mol. The van der Waals surface area contributed by atoms with Crippen LogP contribution in [0.5, 0.6) is 0 Å². The van der Waals surface area contributed by atoms with Crippen LogP contribution in [0.2, 0.25) is 0 Å². The van der Waals surface area contributed by atoms with E-state index in [1.54, 1.807) is 25.1 Å². The molecule has 0 aliphatic rings. The van der Waals surface area contributed by atoms with Crippen LogP contribution in [0.1, 0.15) is 25.3 Å². The molecular formula is C13H16N2O5. The lowest BCUT2D eigenvalue weighted by atomic mass is 10.0. The van der Waals surface area contributed by atoms with Crippen LogP contribution in [0.15, 0.2) is 24.3 Å². The molecule has 1 rings (SSSR count). The van der Waals surface area contributed by atoms with Gasteiger partial charge in [-0.15, -0.1) is 0 Å². The van der Waals surface area contributed by atoms with Crippen LogP contribution in [-0.2, 0) is 16.1 Å². The van der Waals surface area contributed by atoms with Gasteiger partial charge in [0.15, 0.2) is 0 Å². The molecule has 1 amide bonds. The second-order valence-electron chi connectivity index (χ2n) is 4.57. The molecule has 108 valence electrons. The molecule has 0 fully saturated rings. The fourth-order valence-corrected chi connectivity index (χ4v) is 1.79. The molecule has 0 saturated heterocycles. The largest absolute Gasteiger partial charge is 0.481 e. The molecule has 0 aliphatic heterocycles. The Morgan fingerprint density at radius 1 is 1.35 bits per heavy atom. The number of nitro groups is 1. The zero-order valence-electron chi connectivity index (χ0n) is 11.0. The van der Waals surface area contributed by atoms with Crippen molar-refractivity contribution >= 4 is 17.6 Å². The summed E-state index contributed by atoms with van der Waals surface area (Å²) in [7, 11) is 0. The fourth-order valence-electron chi connectivity index (χ4n) is 1.79. The number of amides is 1. The Hall–Kier alpha value is -2.44. The maximum atomic E-state index is 11.6. The van der Waals surface area contributed by atoms with Crippen molar-refractivity contribution in [3.8, 4) is 0 Å².